The lowest BCUT2D eigenvalue weighted by Gasteiger charge is -2.37. The number of nitrogens with one attached hydrogen (secondary N) is 1. The van der Waals surface area contributed by atoms with E-state index in [2.05, 4.69) is 30.1 Å². The van der Waals surface area contributed by atoms with Gasteiger partial charge in [0.25, 0.3) is 0 Å². The molecule has 1 aromatic rings. The van der Waals surface area contributed by atoms with Gasteiger partial charge in [-0.25, -0.2) is 0 Å². The zero-order valence-electron chi connectivity index (χ0n) is 8.86. The predicted molar refractivity (Wildman–Crippen MR) is 56.2 cm³/mol. The average molecular weight is 194 g/mol. The summed E-state index contributed by atoms with van der Waals surface area (Å²) < 4.78 is 5.43. The van der Waals surface area contributed by atoms with Crippen molar-refractivity contribution < 1.29 is 4.42 Å². The van der Waals surface area contributed by atoms with Gasteiger partial charge in [-0.3, -0.25) is 4.90 Å². The molecule has 1 aliphatic heterocycles. The van der Waals surface area contributed by atoms with Gasteiger partial charge >= 0.3 is 0 Å². The Hall–Kier alpha value is -0.800. The Morgan fingerprint density at radius 1 is 1.64 bits per heavy atom. The molecule has 0 bridgehead atoms. The maximum atomic E-state index is 5.43. The van der Waals surface area contributed by atoms with Gasteiger partial charge in [0.1, 0.15) is 5.76 Å². The minimum atomic E-state index is 0.391. The number of furan rings is 1. The van der Waals surface area contributed by atoms with Crippen molar-refractivity contribution in [3.8, 4) is 0 Å². The first-order valence-corrected chi connectivity index (χ1v) is 5.29. The van der Waals surface area contributed by atoms with Crippen LogP contribution in [0.3, 0.4) is 0 Å². The average Bonchev–Trinajstić information content (AvgIpc) is 2.70. The second-order valence-corrected chi connectivity index (χ2v) is 3.98. The first-order valence-electron chi connectivity index (χ1n) is 5.29. The number of hydrogen-bond acceptors (Lipinski definition) is 3. The zero-order chi connectivity index (χ0) is 9.97. The van der Waals surface area contributed by atoms with Gasteiger partial charge in [0, 0.05) is 25.7 Å². The fraction of sp³-hybridized carbons (Fsp3) is 0.636. The molecule has 0 spiro atoms. The quantitative estimate of drug-likeness (QED) is 0.775. The van der Waals surface area contributed by atoms with E-state index in [1.165, 1.54) is 0 Å². The van der Waals surface area contributed by atoms with Crippen molar-refractivity contribution in [1.29, 1.82) is 0 Å². The molecule has 78 valence electrons. The van der Waals surface area contributed by atoms with E-state index < -0.39 is 0 Å². The van der Waals surface area contributed by atoms with Crippen molar-refractivity contribution in [2.75, 3.05) is 19.6 Å². The largest absolute Gasteiger partial charge is 0.468 e. The third kappa shape index (κ3) is 1.83. The highest BCUT2D eigenvalue weighted by molar-refractivity contribution is 5.04. The molecule has 1 N–H and O–H groups in total. The fourth-order valence-electron chi connectivity index (χ4n) is 2.12. The van der Waals surface area contributed by atoms with Gasteiger partial charge < -0.3 is 9.73 Å². The highest BCUT2D eigenvalue weighted by Gasteiger charge is 2.25. The molecule has 0 aliphatic carbocycles. The van der Waals surface area contributed by atoms with Crippen molar-refractivity contribution in [2.45, 2.75) is 25.9 Å². The maximum absolute atomic E-state index is 5.43. The molecule has 2 rings (SSSR count). The Bertz CT molecular complexity index is 271. The fourth-order valence-corrected chi connectivity index (χ4v) is 2.12. The molecule has 2 heterocycles. The third-order valence-corrected chi connectivity index (χ3v) is 3.01. The molecule has 0 aromatic carbocycles. The summed E-state index contributed by atoms with van der Waals surface area (Å²) in [5, 5.41) is 3.39. The molecule has 3 heteroatoms. The van der Waals surface area contributed by atoms with Gasteiger partial charge in [-0.2, -0.15) is 0 Å². The van der Waals surface area contributed by atoms with Crippen LogP contribution in [0.4, 0.5) is 0 Å². The Labute approximate surface area is 85.1 Å². The van der Waals surface area contributed by atoms with Crippen LogP contribution < -0.4 is 5.32 Å². The summed E-state index contributed by atoms with van der Waals surface area (Å²) in [5.74, 6) is 1.07. The van der Waals surface area contributed by atoms with Crippen molar-refractivity contribution in [3.05, 3.63) is 24.2 Å². The topological polar surface area (TPSA) is 28.4 Å². The Balaban J connectivity index is 2.06. The van der Waals surface area contributed by atoms with Crippen LogP contribution in [0.1, 0.15) is 25.6 Å². The van der Waals surface area contributed by atoms with Crippen LogP contribution in [0.15, 0.2) is 22.8 Å². The Kier molecular flexibility index (Phi) is 2.89. The Morgan fingerprint density at radius 3 is 3.14 bits per heavy atom. The zero-order valence-corrected chi connectivity index (χ0v) is 8.86. The van der Waals surface area contributed by atoms with Crippen LogP contribution in [0, 0.1) is 0 Å². The molecule has 0 radical (unpaired) electrons. The van der Waals surface area contributed by atoms with Gasteiger partial charge in [0.05, 0.1) is 12.3 Å². The molecule has 0 amide bonds. The molecular weight excluding hydrogens is 176 g/mol. The summed E-state index contributed by atoms with van der Waals surface area (Å²) in [5.41, 5.74) is 0. The lowest BCUT2D eigenvalue weighted by atomic mass is 10.1. The molecule has 1 aliphatic rings. The molecule has 2 unspecified atom stereocenters. The molecule has 14 heavy (non-hydrogen) atoms. The van der Waals surface area contributed by atoms with E-state index in [0.29, 0.717) is 12.1 Å². The summed E-state index contributed by atoms with van der Waals surface area (Å²) in [6, 6.07) is 4.99. The van der Waals surface area contributed by atoms with E-state index in [4.69, 9.17) is 4.42 Å². The molecule has 1 fully saturated rings. The van der Waals surface area contributed by atoms with Crippen LogP contribution in [0.25, 0.3) is 0 Å². The molecule has 2 atom stereocenters. The predicted octanol–water partition coefficient (Wildman–Crippen LogP) is 1.63. The van der Waals surface area contributed by atoms with Crippen molar-refractivity contribution in [2.24, 2.45) is 0 Å². The summed E-state index contributed by atoms with van der Waals surface area (Å²) in [6.45, 7) is 7.72. The van der Waals surface area contributed by atoms with E-state index in [-0.39, 0.29) is 0 Å². The lowest BCUT2D eigenvalue weighted by molar-refractivity contribution is 0.112. The van der Waals surface area contributed by atoms with Crippen LogP contribution in [0.2, 0.25) is 0 Å². The van der Waals surface area contributed by atoms with Crippen molar-refractivity contribution in [3.63, 3.8) is 0 Å². The van der Waals surface area contributed by atoms with E-state index in [1.807, 2.05) is 6.07 Å². The minimum absolute atomic E-state index is 0.391. The van der Waals surface area contributed by atoms with Crippen LogP contribution >= 0.6 is 0 Å². The normalized spacial score (nSPS) is 26.3. The number of hydrogen-bond donors (Lipinski definition) is 1. The van der Waals surface area contributed by atoms with Gasteiger partial charge in [0.2, 0.25) is 0 Å². The summed E-state index contributed by atoms with van der Waals surface area (Å²) in [4.78, 5) is 2.48. The van der Waals surface area contributed by atoms with Gasteiger partial charge in [-0.1, -0.05) is 0 Å². The van der Waals surface area contributed by atoms with E-state index >= 15 is 0 Å². The highest BCUT2D eigenvalue weighted by Crippen LogP contribution is 2.23. The van der Waals surface area contributed by atoms with Gasteiger partial charge in [-0.15, -0.1) is 0 Å². The van der Waals surface area contributed by atoms with E-state index in [1.54, 1.807) is 6.26 Å². The minimum Gasteiger partial charge on any atom is -0.468 e. The first-order chi connectivity index (χ1) is 6.79. The number of nitrogens with zero attached hydrogens (tertiary/aromatic N) is 1. The summed E-state index contributed by atoms with van der Waals surface area (Å²) in [7, 11) is 0. The SMILES string of the molecule is CC1CNCCN1C(C)c1ccco1. The smallest absolute Gasteiger partial charge is 0.120 e. The number of rotatable bonds is 2. The standard InChI is InChI=1S/C11H18N2O/c1-9-8-12-5-6-13(9)10(2)11-4-3-7-14-11/h3-4,7,9-10,12H,5-6,8H2,1-2H3. The second-order valence-electron chi connectivity index (χ2n) is 3.98. The van der Waals surface area contributed by atoms with E-state index in [9.17, 15) is 0 Å². The molecule has 0 saturated carbocycles. The van der Waals surface area contributed by atoms with Crippen molar-refractivity contribution in [1.82, 2.24) is 10.2 Å². The monoisotopic (exact) mass is 194 g/mol. The molecule has 3 nitrogen and oxygen atoms in total. The molecule has 1 aromatic heterocycles. The third-order valence-electron chi connectivity index (χ3n) is 3.01. The lowest BCUT2D eigenvalue weighted by Crippen LogP contribution is -2.50. The second kappa shape index (κ2) is 4.15. The van der Waals surface area contributed by atoms with Crippen LogP contribution in [0.5, 0.6) is 0 Å². The van der Waals surface area contributed by atoms with E-state index in [0.717, 1.165) is 25.4 Å². The highest BCUT2D eigenvalue weighted by atomic mass is 16.3. The number of piperazine rings is 1. The Morgan fingerprint density at radius 2 is 2.50 bits per heavy atom. The first kappa shape index (κ1) is 9.74. The van der Waals surface area contributed by atoms with Crippen LogP contribution in [-0.2, 0) is 0 Å². The summed E-state index contributed by atoms with van der Waals surface area (Å²) >= 11 is 0. The summed E-state index contributed by atoms with van der Waals surface area (Å²) in [6.07, 6.45) is 1.75. The molecule has 1 saturated heterocycles. The van der Waals surface area contributed by atoms with Gasteiger partial charge in [-0.05, 0) is 26.0 Å². The van der Waals surface area contributed by atoms with Gasteiger partial charge in [0.15, 0.2) is 0 Å². The maximum Gasteiger partial charge on any atom is 0.120 e. The van der Waals surface area contributed by atoms with Crippen LogP contribution in [-0.4, -0.2) is 30.6 Å². The van der Waals surface area contributed by atoms with Crippen molar-refractivity contribution >= 4 is 0 Å². The molecular formula is C11H18N2O.